The Labute approximate surface area is 260 Å². The van der Waals surface area contributed by atoms with Gasteiger partial charge in [-0.25, -0.2) is 15.0 Å². The number of fused-ring (bicyclic) bond motifs is 1. The number of nitrogens with one attached hydrogen (secondary N) is 1. The maximum Gasteiger partial charge on any atom is 0.192 e. The van der Waals surface area contributed by atoms with Crippen LogP contribution in [0.2, 0.25) is 18.1 Å². The predicted molar refractivity (Wildman–Crippen MR) is 178 cm³/mol. The Bertz CT molecular complexity index is 1590. The molecule has 1 saturated heterocycles. The quantitative estimate of drug-likeness (QED) is 0.143. The number of anilines is 1. The predicted octanol–water partition coefficient (Wildman–Crippen LogP) is 6.67. The van der Waals surface area contributed by atoms with Gasteiger partial charge in [0.1, 0.15) is 18.1 Å². The number of benzene rings is 3. The molecule has 0 aliphatic carbocycles. The van der Waals surface area contributed by atoms with Gasteiger partial charge < -0.3 is 14.9 Å². The number of nitrogens with two attached hydrogens (primary N) is 1. The third-order valence-electron chi connectivity index (χ3n) is 9.37. The summed E-state index contributed by atoms with van der Waals surface area (Å²) < 4.78 is 15.7. The Morgan fingerprint density at radius 3 is 1.93 bits per heavy atom. The van der Waals surface area contributed by atoms with Gasteiger partial charge in [0.25, 0.3) is 0 Å². The van der Waals surface area contributed by atoms with Crippen LogP contribution in [0.3, 0.4) is 0 Å². The fourth-order valence-corrected chi connectivity index (χ4v) is 6.90. The van der Waals surface area contributed by atoms with E-state index in [1.807, 2.05) is 4.57 Å². The highest BCUT2D eigenvalue weighted by molar-refractivity contribution is 6.74. The Morgan fingerprint density at radius 2 is 1.41 bits per heavy atom. The SMILES string of the molecule is CC(C)(C)[Si](C)(C)OC[C@H]1O[C@@H](n2cnc3c(N)ncnc32)C[C@H]1NC(c1ccccc1)(c1ccccc1)c1ccccc1. The van der Waals surface area contributed by atoms with Gasteiger partial charge in [-0.3, -0.25) is 9.88 Å². The van der Waals surface area contributed by atoms with Crippen LogP contribution in [0.15, 0.2) is 104 Å². The standard InChI is InChI=1S/C35H42N6O2Si/c1-34(2,3)44(4,5)42-22-29-28(21-30(43-29)41-24-39-31-32(36)37-23-38-33(31)41)40-35(25-15-9-6-10-16-25,26-17-11-7-12-18-26)27-19-13-8-14-20-27/h6-20,23-24,28-30,40H,21-22H2,1-5H3,(H2,36,37,38)/t28-,29-,30-/m1/s1. The molecule has 1 aliphatic heterocycles. The highest BCUT2D eigenvalue weighted by Crippen LogP contribution is 2.42. The minimum atomic E-state index is -2.06. The second-order valence-corrected chi connectivity index (χ2v) is 17.9. The van der Waals surface area contributed by atoms with E-state index in [4.69, 9.17) is 14.9 Å². The first-order valence-electron chi connectivity index (χ1n) is 15.3. The van der Waals surface area contributed by atoms with Crippen LogP contribution in [-0.2, 0) is 14.7 Å². The van der Waals surface area contributed by atoms with E-state index in [2.05, 4.69) is 145 Å². The molecule has 6 rings (SSSR count). The van der Waals surface area contributed by atoms with Gasteiger partial charge in [-0.05, 0) is 34.8 Å². The van der Waals surface area contributed by atoms with Crippen LogP contribution < -0.4 is 11.1 Å². The lowest BCUT2D eigenvalue weighted by molar-refractivity contribution is -0.0238. The monoisotopic (exact) mass is 606 g/mol. The van der Waals surface area contributed by atoms with E-state index in [9.17, 15) is 0 Å². The second kappa shape index (κ2) is 11.9. The number of nitrogens with zero attached hydrogens (tertiary/aromatic N) is 4. The molecular formula is C35H42N6O2Si. The minimum absolute atomic E-state index is 0.0742. The third-order valence-corrected chi connectivity index (χ3v) is 13.9. The molecule has 1 fully saturated rings. The Morgan fingerprint density at radius 1 is 0.864 bits per heavy atom. The average molecular weight is 607 g/mol. The molecule has 1 aliphatic rings. The summed E-state index contributed by atoms with van der Waals surface area (Å²) in [5.41, 5.74) is 10.2. The van der Waals surface area contributed by atoms with Gasteiger partial charge in [0, 0.05) is 12.5 Å². The van der Waals surface area contributed by atoms with Crippen LogP contribution >= 0.6 is 0 Å². The number of hydrogen-bond acceptors (Lipinski definition) is 7. The molecule has 0 bridgehead atoms. The van der Waals surface area contributed by atoms with Gasteiger partial charge in [0.15, 0.2) is 19.8 Å². The van der Waals surface area contributed by atoms with Crippen molar-refractivity contribution in [2.75, 3.05) is 12.3 Å². The van der Waals surface area contributed by atoms with Crippen LogP contribution in [0.1, 0.15) is 50.1 Å². The Hall–Kier alpha value is -3.89. The van der Waals surface area contributed by atoms with E-state index in [-0.39, 0.29) is 23.4 Å². The molecule has 3 heterocycles. The zero-order valence-corrected chi connectivity index (χ0v) is 27.1. The second-order valence-electron chi connectivity index (χ2n) is 13.1. The molecule has 5 aromatic rings. The van der Waals surface area contributed by atoms with Gasteiger partial charge in [0.2, 0.25) is 0 Å². The summed E-state index contributed by atoms with van der Waals surface area (Å²) >= 11 is 0. The molecule has 3 N–H and O–H groups in total. The number of imidazole rings is 1. The first-order valence-corrected chi connectivity index (χ1v) is 18.2. The molecule has 3 aromatic carbocycles. The van der Waals surface area contributed by atoms with Crippen molar-refractivity contribution in [3.05, 3.63) is 120 Å². The molecule has 44 heavy (non-hydrogen) atoms. The number of aromatic nitrogens is 4. The van der Waals surface area contributed by atoms with Crippen LogP contribution in [0.25, 0.3) is 11.2 Å². The van der Waals surface area contributed by atoms with Crippen molar-refractivity contribution >= 4 is 25.3 Å². The number of hydrogen-bond donors (Lipinski definition) is 2. The van der Waals surface area contributed by atoms with Gasteiger partial charge in [-0.15, -0.1) is 0 Å². The molecule has 0 amide bonds. The van der Waals surface area contributed by atoms with E-state index < -0.39 is 13.9 Å². The van der Waals surface area contributed by atoms with Gasteiger partial charge in [0.05, 0.1) is 24.6 Å². The highest BCUT2D eigenvalue weighted by Gasteiger charge is 2.46. The molecule has 9 heteroatoms. The van der Waals surface area contributed by atoms with Crippen LogP contribution in [0.4, 0.5) is 5.82 Å². The van der Waals surface area contributed by atoms with E-state index in [0.717, 1.165) is 16.7 Å². The summed E-state index contributed by atoms with van der Waals surface area (Å²) in [6.45, 7) is 11.8. The molecule has 0 radical (unpaired) electrons. The van der Waals surface area contributed by atoms with Crippen molar-refractivity contribution < 1.29 is 9.16 Å². The van der Waals surface area contributed by atoms with Crippen LogP contribution in [-0.4, -0.2) is 46.6 Å². The fourth-order valence-electron chi connectivity index (χ4n) is 5.89. The Balaban J connectivity index is 1.45. The maximum absolute atomic E-state index is 6.88. The zero-order valence-electron chi connectivity index (χ0n) is 26.1. The topological polar surface area (TPSA) is 100 Å². The van der Waals surface area contributed by atoms with Crippen molar-refractivity contribution in [3.8, 4) is 0 Å². The lowest BCUT2D eigenvalue weighted by Gasteiger charge is -2.41. The summed E-state index contributed by atoms with van der Waals surface area (Å²) in [6.07, 6.45) is 3.35. The zero-order chi connectivity index (χ0) is 31.0. The normalized spacial score (nSPS) is 19.4. The summed E-state index contributed by atoms with van der Waals surface area (Å²) in [4.78, 5) is 13.2. The molecule has 228 valence electrons. The number of ether oxygens (including phenoxy) is 1. The van der Waals surface area contributed by atoms with Crippen molar-refractivity contribution in [2.24, 2.45) is 0 Å². The van der Waals surface area contributed by atoms with Gasteiger partial charge >= 0.3 is 0 Å². The first kappa shape index (κ1) is 30.1. The highest BCUT2D eigenvalue weighted by atomic mass is 28.4. The summed E-state index contributed by atoms with van der Waals surface area (Å²) in [5, 5.41) is 4.25. The average Bonchev–Trinajstić information content (AvgIpc) is 3.64. The molecule has 0 unspecified atom stereocenters. The molecule has 0 spiro atoms. The van der Waals surface area contributed by atoms with E-state index in [1.165, 1.54) is 6.33 Å². The summed E-state index contributed by atoms with van der Waals surface area (Å²) in [7, 11) is -2.06. The largest absolute Gasteiger partial charge is 0.414 e. The lowest BCUT2D eigenvalue weighted by atomic mass is 9.76. The maximum atomic E-state index is 6.88. The van der Waals surface area contributed by atoms with Crippen LogP contribution in [0, 0.1) is 0 Å². The van der Waals surface area contributed by atoms with Gasteiger partial charge in [-0.1, -0.05) is 112 Å². The molecule has 8 nitrogen and oxygen atoms in total. The Kier molecular flexibility index (Phi) is 8.15. The molecule has 2 aromatic heterocycles. The fraction of sp³-hybridized carbons (Fsp3) is 0.343. The lowest BCUT2D eigenvalue weighted by Crippen LogP contribution is -2.54. The van der Waals surface area contributed by atoms with Crippen molar-refractivity contribution in [3.63, 3.8) is 0 Å². The number of nitrogen functional groups attached to an aromatic ring is 1. The smallest absolute Gasteiger partial charge is 0.192 e. The van der Waals surface area contributed by atoms with E-state index in [0.29, 0.717) is 30.0 Å². The molecule has 0 saturated carbocycles. The molecular weight excluding hydrogens is 565 g/mol. The minimum Gasteiger partial charge on any atom is -0.414 e. The first-order chi connectivity index (χ1) is 21.1. The summed E-state index contributed by atoms with van der Waals surface area (Å²) in [5.74, 6) is 0.357. The van der Waals surface area contributed by atoms with Crippen molar-refractivity contribution in [1.82, 2.24) is 24.8 Å². The van der Waals surface area contributed by atoms with E-state index in [1.54, 1.807) is 6.33 Å². The van der Waals surface area contributed by atoms with Crippen LogP contribution in [0.5, 0.6) is 0 Å². The summed E-state index contributed by atoms with van der Waals surface area (Å²) in [6, 6.07) is 31.9. The van der Waals surface area contributed by atoms with Crippen molar-refractivity contribution in [2.45, 2.75) is 69.2 Å². The van der Waals surface area contributed by atoms with E-state index >= 15 is 0 Å². The third kappa shape index (κ3) is 5.56. The number of rotatable bonds is 9. The van der Waals surface area contributed by atoms with Gasteiger partial charge in [-0.2, -0.15) is 0 Å². The molecule has 3 atom stereocenters. The van der Waals surface area contributed by atoms with Crippen molar-refractivity contribution in [1.29, 1.82) is 0 Å².